The van der Waals surface area contributed by atoms with Crippen LogP contribution in [0.25, 0.3) is 0 Å². The molecule has 1 aromatic rings. The third kappa shape index (κ3) is 6.70. The van der Waals surface area contributed by atoms with Gasteiger partial charge in [-0.1, -0.05) is 68.0 Å². The maximum Gasteiger partial charge on any atom is 0.229 e. The average Bonchev–Trinajstić information content (AvgIpc) is 2.63. The van der Waals surface area contributed by atoms with E-state index in [9.17, 15) is 4.79 Å². The van der Waals surface area contributed by atoms with Crippen molar-refractivity contribution in [2.75, 3.05) is 0 Å². The molecule has 2 N–H and O–H groups in total. The molecule has 2 rings (SSSR count). The molecule has 0 radical (unpaired) electrons. The van der Waals surface area contributed by atoms with E-state index in [0.29, 0.717) is 22.4 Å². The molecule has 0 spiro atoms. The molecular weight excluding hydrogens is 340 g/mol. The summed E-state index contributed by atoms with van der Waals surface area (Å²) in [6.45, 7) is 9.58. The molecule has 138 valence electrons. The quantitative estimate of drug-likeness (QED) is 0.294. The van der Waals surface area contributed by atoms with E-state index in [4.69, 9.17) is 5.41 Å². The third-order valence-electron chi connectivity index (χ3n) is 4.50. The first-order valence-electron chi connectivity index (χ1n) is 9.16. The normalized spacial score (nSPS) is 14.3. The Labute approximate surface area is 161 Å². The van der Waals surface area contributed by atoms with Crippen LogP contribution in [0, 0.1) is 11.3 Å². The van der Waals surface area contributed by atoms with Crippen LogP contribution in [0.1, 0.15) is 50.2 Å². The number of nitrogens with one attached hydrogen (secondary N) is 2. The lowest BCUT2D eigenvalue weighted by atomic mass is 9.90. The Hall–Kier alpha value is -2.03. The maximum atomic E-state index is 12.3. The lowest BCUT2D eigenvalue weighted by Crippen LogP contribution is -2.24. The highest BCUT2D eigenvalue weighted by atomic mass is 32.2. The molecule has 0 atom stereocenters. The molecule has 1 amide bonds. The zero-order valence-corrected chi connectivity index (χ0v) is 16.4. The zero-order chi connectivity index (χ0) is 18.9. The summed E-state index contributed by atoms with van der Waals surface area (Å²) in [6.07, 6.45) is 6.94. The minimum Gasteiger partial charge on any atom is -0.314 e. The molecule has 0 bridgehead atoms. The van der Waals surface area contributed by atoms with E-state index in [1.54, 1.807) is 0 Å². The van der Waals surface area contributed by atoms with Crippen molar-refractivity contribution in [3.63, 3.8) is 0 Å². The zero-order valence-electron chi connectivity index (χ0n) is 15.6. The number of carbonyl (C=O) groups is 1. The molecule has 0 heterocycles. The highest BCUT2D eigenvalue weighted by Crippen LogP contribution is 2.30. The first-order chi connectivity index (χ1) is 12.5. The fraction of sp³-hybridized carbons (Fsp3) is 0.409. The number of hydrogen-bond acceptors (Lipinski definition) is 3. The highest BCUT2D eigenvalue weighted by Gasteiger charge is 2.20. The van der Waals surface area contributed by atoms with Gasteiger partial charge in [0.2, 0.25) is 5.91 Å². The van der Waals surface area contributed by atoms with Crippen molar-refractivity contribution in [2.45, 2.75) is 51.9 Å². The lowest BCUT2D eigenvalue weighted by molar-refractivity contribution is -0.119. The summed E-state index contributed by atoms with van der Waals surface area (Å²) in [5, 5.41) is 12.3. The van der Waals surface area contributed by atoms with Gasteiger partial charge in [0.15, 0.2) is 0 Å². The van der Waals surface area contributed by atoms with Crippen molar-refractivity contribution in [1.82, 2.24) is 5.32 Å². The molecule has 0 unspecified atom stereocenters. The predicted molar refractivity (Wildman–Crippen MR) is 111 cm³/mol. The van der Waals surface area contributed by atoms with Crippen LogP contribution in [0.2, 0.25) is 0 Å². The van der Waals surface area contributed by atoms with E-state index in [1.165, 1.54) is 36.6 Å². The molecule has 3 nitrogen and oxygen atoms in total. The number of hydrogen-bond donors (Lipinski definition) is 2. The molecule has 1 aliphatic rings. The largest absolute Gasteiger partial charge is 0.314 e. The molecule has 26 heavy (non-hydrogen) atoms. The van der Waals surface area contributed by atoms with Crippen molar-refractivity contribution in [3.8, 4) is 0 Å². The van der Waals surface area contributed by atoms with Gasteiger partial charge in [-0.2, -0.15) is 0 Å². The molecule has 4 heteroatoms. The summed E-state index contributed by atoms with van der Waals surface area (Å²) in [7, 11) is 0. The number of allylic oxidation sites excluding steroid dienone is 1. The summed E-state index contributed by atoms with van der Waals surface area (Å²) in [6, 6.07) is 8.03. The number of rotatable bonds is 7. The number of thioether (sulfide) groups is 1. The fourth-order valence-corrected chi connectivity index (χ4v) is 4.00. The average molecular weight is 369 g/mol. The smallest absolute Gasteiger partial charge is 0.229 e. The third-order valence-corrected chi connectivity index (χ3v) is 5.50. The van der Waals surface area contributed by atoms with Crippen LogP contribution in [-0.2, 0) is 17.6 Å². The highest BCUT2D eigenvalue weighted by molar-refractivity contribution is 8.17. The van der Waals surface area contributed by atoms with Crippen LogP contribution in [0.5, 0.6) is 0 Å². The van der Waals surface area contributed by atoms with E-state index in [-0.39, 0.29) is 5.91 Å². The monoisotopic (exact) mass is 368 g/mol. The van der Waals surface area contributed by atoms with Gasteiger partial charge in [-0.25, -0.2) is 0 Å². The Morgan fingerprint density at radius 1 is 1.19 bits per heavy atom. The van der Waals surface area contributed by atoms with Crippen LogP contribution in [-0.4, -0.2) is 11.0 Å². The second-order valence-corrected chi connectivity index (χ2v) is 8.03. The molecule has 0 saturated heterocycles. The summed E-state index contributed by atoms with van der Waals surface area (Å²) < 4.78 is 0. The minimum atomic E-state index is -0.104. The molecule has 0 aliphatic heterocycles. The molecule has 1 aliphatic carbocycles. The van der Waals surface area contributed by atoms with Gasteiger partial charge < -0.3 is 5.32 Å². The first-order valence-corrected chi connectivity index (χ1v) is 9.98. The molecule has 0 aromatic heterocycles. The standard InChI is InChI=1S/C22H28N2OS/c1-4-21(26-22(23)19-8-6-5-7-9-19)24-20(25)15-18-12-10-17(11-13-18)14-16(2)3/h10-13,19,23H,1-2,5-9,14-15H2,3H3,(H,24,25). The lowest BCUT2D eigenvalue weighted by Gasteiger charge is -2.22. The van der Waals surface area contributed by atoms with E-state index in [0.717, 1.165) is 30.4 Å². The first kappa shape index (κ1) is 20.3. The van der Waals surface area contributed by atoms with Gasteiger partial charge in [-0.05, 0) is 49.1 Å². The van der Waals surface area contributed by atoms with Gasteiger partial charge in [0.25, 0.3) is 0 Å². The van der Waals surface area contributed by atoms with Gasteiger partial charge in [-0.3, -0.25) is 10.2 Å². The SMILES string of the molecule is C=C=C(NC(=O)Cc1ccc(CC(=C)C)cc1)SC(=N)C1CCCCC1. The van der Waals surface area contributed by atoms with Crippen LogP contribution < -0.4 is 5.32 Å². The minimum absolute atomic E-state index is 0.104. The van der Waals surface area contributed by atoms with Crippen molar-refractivity contribution in [3.05, 3.63) is 64.9 Å². The van der Waals surface area contributed by atoms with Crippen molar-refractivity contribution >= 4 is 22.7 Å². The summed E-state index contributed by atoms with van der Waals surface area (Å²) in [5.74, 6) is 0.211. The van der Waals surface area contributed by atoms with Crippen molar-refractivity contribution < 1.29 is 4.79 Å². The van der Waals surface area contributed by atoms with Gasteiger partial charge in [0.1, 0.15) is 5.03 Å². The van der Waals surface area contributed by atoms with Crippen LogP contribution in [0.15, 0.2) is 53.8 Å². The number of carbonyl (C=O) groups excluding carboxylic acids is 1. The van der Waals surface area contributed by atoms with Crippen LogP contribution in [0.4, 0.5) is 0 Å². The summed E-state index contributed by atoms with van der Waals surface area (Å²) >= 11 is 1.28. The van der Waals surface area contributed by atoms with E-state index in [1.807, 2.05) is 31.2 Å². The van der Waals surface area contributed by atoms with Crippen molar-refractivity contribution in [1.29, 1.82) is 5.41 Å². The maximum absolute atomic E-state index is 12.3. The van der Waals surface area contributed by atoms with E-state index in [2.05, 4.69) is 24.2 Å². The molecule has 1 saturated carbocycles. The van der Waals surface area contributed by atoms with E-state index < -0.39 is 0 Å². The number of benzene rings is 1. The topological polar surface area (TPSA) is 53.0 Å². The van der Waals surface area contributed by atoms with Crippen molar-refractivity contribution in [2.24, 2.45) is 5.92 Å². The summed E-state index contributed by atoms with van der Waals surface area (Å²) in [4.78, 5) is 12.3. The Bertz CT molecular complexity index is 708. The van der Waals surface area contributed by atoms with Gasteiger partial charge >= 0.3 is 0 Å². The fourth-order valence-electron chi connectivity index (χ4n) is 3.14. The Balaban J connectivity index is 1.85. The summed E-state index contributed by atoms with van der Waals surface area (Å²) in [5.41, 5.74) is 6.05. The molecule has 1 aromatic carbocycles. The Morgan fingerprint density at radius 3 is 2.31 bits per heavy atom. The van der Waals surface area contributed by atoms with Gasteiger partial charge in [0, 0.05) is 5.92 Å². The van der Waals surface area contributed by atoms with Crippen LogP contribution in [0.3, 0.4) is 0 Å². The second kappa shape index (κ2) is 10.2. The second-order valence-electron chi connectivity index (χ2n) is 6.98. The number of amides is 1. The predicted octanol–water partition coefficient (Wildman–Crippen LogP) is 5.38. The van der Waals surface area contributed by atoms with Gasteiger partial charge in [-0.15, -0.1) is 0 Å². The van der Waals surface area contributed by atoms with Gasteiger partial charge in [0.05, 0.1) is 11.5 Å². The molecular formula is C22H28N2OS. The molecule has 1 fully saturated rings. The van der Waals surface area contributed by atoms with Crippen LogP contribution >= 0.6 is 11.8 Å². The Kier molecular flexibility index (Phi) is 7.96. The Morgan fingerprint density at radius 2 is 1.77 bits per heavy atom. The van der Waals surface area contributed by atoms with E-state index >= 15 is 0 Å².